The monoisotopic (exact) mass is 327 g/mol. The van der Waals surface area contributed by atoms with Gasteiger partial charge >= 0.3 is 5.97 Å². The van der Waals surface area contributed by atoms with Gasteiger partial charge in [-0.15, -0.1) is 0 Å². The van der Waals surface area contributed by atoms with Gasteiger partial charge in [0.1, 0.15) is 5.75 Å². The Hall–Kier alpha value is -2.49. The molecule has 0 atom stereocenters. The van der Waals surface area contributed by atoms with Gasteiger partial charge < -0.3 is 14.8 Å². The minimum atomic E-state index is -0.326. The van der Waals surface area contributed by atoms with Crippen molar-refractivity contribution < 1.29 is 14.3 Å². The van der Waals surface area contributed by atoms with Crippen molar-refractivity contribution in [3.05, 3.63) is 58.7 Å². The summed E-state index contributed by atoms with van der Waals surface area (Å²) in [5.74, 6) is 0.575. The van der Waals surface area contributed by atoms with Gasteiger partial charge in [-0.1, -0.05) is 17.7 Å². The number of nitrogens with one attached hydrogen (secondary N) is 1. The summed E-state index contributed by atoms with van der Waals surface area (Å²) in [6, 6.07) is 11.9. The van der Waals surface area contributed by atoms with Crippen molar-refractivity contribution in [2.24, 2.45) is 0 Å². The lowest BCUT2D eigenvalue weighted by molar-refractivity contribution is 0.0601. The van der Waals surface area contributed by atoms with Gasteiger partial charge in [0.15, 0.2) is 0 Å². The molecule has 0 saturated heterocycles. The van der Waals surface area contributed by atoms with E-state index in [4.69, 9.17) is 9.47 Å². The maximum atomic E-state index is 11.8. The van der Waals surface area contributed by atoms with Crippen molar-refractivity contribution in [3.8, 4) is 5.75 Å². The summed E-state index contributed by atoms with van der Waals surface area (Å²) in [6.07, 6.45) is 0.835. The molecule has 0 aliphatic heterocycles. The number of methoxy groups -OCH3 is 1. The van der Waals surface area contributed by atoms with Gasteiger partial charge in [-0.25, -0.2) is 4.79 Å². The van der Waals surface area contributed by atoms with Crippen molar-refractivity contribution >= 4 is 11.7 Å². The lowest BCUT2D eigenvalue weighted by Gasteiger charge is -2.12. The van der Waals surface area contributed by atoms with Crippen LogP contribution in [0.25, 0.3) is 0 Å². The number of hydrogen-bond acceptors (Lipinski definition) is 4. The van der Waals surface area contributed by atoms with Gasteiger partial charge in [0.25, 0.3) is 0 Å². The lowest BCUT2D eigenvalue weighted by atomic mass is 10.1. The number of benzene rings is 2. The zero-order valence-corrected chi connectivity index (χ0v) is 14.8. The number of hydrogen-bond donors (Lipinski definition) is 1. The molecular formula is C20H25NO3. The van der Waals surface area contributed by atoms with E-state index in [1.54, 1.807) is 0 Å². The van der Waals surface area contributed by atoms with Gasteiger partial charge in [-0.2, -0.15) is 0 Å². The maximum absolute atomic E-state index is 11.8. The number of ether oxygens (including phenoxy) is 2. The van der Waals surface area contributed by atoms with Crippen LogP contribution in [0.15, 0.2) is 36.4 Å². The van der Waals surface area contributed by atoms with E-state index in [0.717, 1.165) is 30.0 Å². The second-order valence-corrected chi connectivity index (χ2v) is 5.99. The third-order valence-electron chi connectivity index (χ3n) is 3.68. The van der Waals surface area contributed by atoms with E-state index in [9.17, 15) is 4.79 Å². The van der Waals surface area contributed by atoms with E-state index in [2.05, 4.69) is 25.2 Å². The van der Waals surface area contributed by atoms with Gasteiger partial charge in [0.2, 0.25) is 0 Å². The number of carbonyl (C=O) groups excluding carboxylic acids is 1. The fraction of sp³-hybridized carbons (Fsp3) is 0.350. The Bertz CT molecular complexity index is 690. The summed E-state index contributed by atoms with van der Waals surface area (Å²) in [5.41, 5.74) is 4.78. The van der Waals surface area contributed by atoms with Crippen LogP contribution >= 0.6 is 0 Å². The zero-order chi connectivity index (χ0) is 17.5. The number of carbonyl (C=O) groups is 1. The molecule has 24 heavy (non-hydrogen) atoms. The smallest absolute Gasteiger partial charge is 0.339 e. The van der Waals surface area contributed by atoms with Crippen LogP contribution in [0.1, 0.15) is 33.5 Å². The summed E-state index contributed by atoms with van der Waals surface area (Å²) in [7, 11) is 1.39. The van der Waals surface area contributed by atoms with Crippen LogP contribution in [0.5, 0.6) is 5.75 Å². The average Bonchev–Trinajstić information content (AvgIpc) is 2.54. The first kappa shape index (κ1) is 17.9. The number of aryl methyl sites for hydroxylation is 3. The molecular weight excluding hydrogens is 302 g/mol. The molecule has 4 heteroatoms. The highest BCUT2D eigenvalue weighted by Crippen LogP contribution is 2.19. The van der Waals surface area contributed by atoms with Crippen molar-refractivity contribution in [1.29, 1.82) is 0 Å². The molecule has 2 aromatic rings. The topological polar surface area (TPSA) is 47.6 Å². The standard InChI is InChI=1S/C20H25NO3/c1-14-6-7-19(18(13-14)20(22)23-4)21-8-5-9-24-17-11-15(2)10-16(3)12-17/h6-7,10-13,21H,5,8-9H2,1-4H3. The molecule has 0 bridgehead atoms. The Balaban J connectivity index is 1.85. The first-order valence-corrected chi connectivity index (χ1v) is 8.13. The fourth-order valence-electron chi connectivity index (χ4n) is 2.59. The molecule has 1 N–H and O–H groups in total. The maximum Gasteiger partial charge on any atom is 0.339 e. The predicted octanol–water partition coefficient (Wildman–Crippen LogP) is 4.28. The minimum absolute atomic E-state index is 0.326. The van der Waals surface area contributed by atoms with Crippen LogP contribution in [-0.4, -0.2) is 26.2 Å². The van der Waals surface area contributed by atoms with E-state index in [1.807, 2.05) is 37.3 Å². The number of anilines is 1. The molecule has 128 valence electrons. The predicted molar refractivity (Wildman–Crippen MR) is 97.0 cm³/mol. The number of rotatable bonds is 7. The highest BCUT2D eigenvalue weighted by molar-refractivity contribution is 5.95. The highest BCUT2D eigenvalue weighted by atomic mass is 16.5. The second-order valence-electron chi connectivity index (χ2n) is 5.99. The molecule has 4 nitrogen and oxygen atoms in total. The highest BCUT2D eigenvalue weighted by Gasteiger charge is 2.11. The van der Waals surface area contributed by atoms with Gasteiger partial charge in [-0.3, -0.25) is 0 Å². The fourth-order valence-corrected chi connectivity index (χ4v) is 2.59. The van der Waals surface area contributed by atoms with Crippen molar-refractivity contribution in [1.82, 2.24) is 0 Å². The van der Waals surface area contributed by atoms with E-state index in [1.165, 1.54) is 18.2 Å². The Kier molecular flexibility index (Phi) is 6.24. The summed E-state index contributed by atoms with van der Waals surface area (Å²) in [6.45, 7) is 7.42. The SMILES string of the molecule is COC(=O)c1cc(C)ccc1NCCCOc1cc(C)cc(C)c1. The van der Waals surface area contributed by atoms with Crippen molar-refractivity contribution in [3.63, 3.8) is 0 Å². The zero-order valence-electron chi connectivity index (χ0n) is 14.8. The molecule has 2 rings (SSSR count). The Labute approximate surface area is 143 Å². The molecule has 0 aliphatic carbocycles. The molecule has 0 heterocycles. The quantitative estimate of drug-likeness (QED) is 0.609. The van der Waals surface area contributed by atoms with E-state index in [-0.39, 0.29) is 5.97 Å². The van der Waals surface area contributed by atoms with E-state index in [0.29, 0.717) is 12.2 Å². The van der Waals surface area contributed by atoms with E-state index >= 15 is 0 Å². The molecule has 0 fully saturated rings. The Morgan fingerprint density at radius 1 is 1.00 bits per heavy atom. The van der Waals surface area contributed by atoms with Gasteiger partial charge in [-0.05, 0) is 62.6 Å². The van der Waals surface area contributed by atoms with Crippen LogP contribution < -0.4 is 10.1 Å². The first-order valence-electron chi connectivity index (χ1n) is 8.13. The van der Waals surface area contributed by atoms with Crippen LogP contribution in [0.2, 0.25) is 0 Å². The molecule has 0 unspecified atom stereocenters. The van der Waals surface area contributed by atoms with Crippen LogP contribution in [0.4, 0.5) is 5.69 Å². The second kappa shape index (κ2) is 8.39. The average molecular weight is 327 g/mol. The third kappa shape index (κ3) is 5.01. The van der Waals surface area contributed by atoms with Crippen LogP contribution in [-0.2, 0) is 4.74 Å². The lowest BCUT2D eigenvalue weighted by Crippen LogP contribution is -2.11. The summed E-state index contributed by atoms with van der Waals surface area (Å²) < 4.78 is 10.6. The number of esters is 1. The molecule has 0 aliphatic rings. The first-order chi connectivity index (χ1) is 11.5. The van der Waals surface area contributed by atoms with Gasteiger partial charge in [0.05, 0.1) is 19.3 Å². The summed E-state index contributed by atoms with van der Waals surface area (Å²) in [5, 5.41) is 3.28. The Morgan fingerprint density at radius 3 is 2.38 bits per heavy atom. The van der Waals surface area contributed by atoms with Crippen molar-refractivity contribution in [2.75, 3.05) is 25.6 Å². The molecule has 0 aromatic heterocycles. The van der Waals surface area contributed by atoms with Crippen molar-refractivity contribution in [2.45, 2.75) is 27.2 Å². The minimum Gasteiger partial charge on any atom is -0.494 e. The summed E-state index contributed by atoms with van der Waals surface area (Å²) in [4.78, 5) is 11.8. The molecule has 0 amide bonds. The normalized spacial score (nSPS) is 10.3. The molecule has 0 radical (unpaired) electrons. The summed E-state index contributed by atoms with van der Waals surface area (Å²) >= 11 is 0. The third-order valence-corrected chi connectivity index (χ3v) is 3.68. The van der Waals surface area contributed by atoms with Crippen LogP contribution in [0.3, 0.4) is 0 Å². The largest absolute Gasteiger partial charge is 0.494 e. The van der Waals surface area contributed by atoms with E-state index < -0.39 is 0 Å². The van der Waals surface area contributed by atoms with Gasteiger partial charge in [0, 0.05) is 12.2 Å². The molecule has 0 saturated carbocycles. The van der Waals surface area contributed by atoms with Crippen LogP contribution in [0, 0.1) is 20.8 Å². The molecule has 0 spiro atoms. The Morgan fingerprint density at radius 2 is 1.71 bits per heavy atom. The molecule has 2 aromatic carbocycles.